The molecular weight excluding hydrogens is 296 g/mol. The summed E-state index contributed by atoms with van der Waals surface area (Å²) in [5, 5.41) is 0. The molecule has 0 bridgehead atoms. The van der Waals surface area contributed by atoms with Crippen molar-refractivity contribution in [2.75, 3.05) is 0 Å². The molecule has 1 unspecified atom stereocenters. The van der Waals surface area contributed by atoms with Crippen LogP contribution in [0.25, 0.3) is 0 Å². The van der Waals surface area contributed by atoms with E-state index in [9.17, 15) is 4.79 Å². The first kappa shape index (κ1) is 14.9. The van der Waals surface area contributed by atoms with Gasteiger partial charge >= 0.3 is 0 Å². The van der Waals surface area contributed by atoms with Gasteiger partial charge in [-0.1, -0.05) is 27.7 Å². The van der Waals surface area contributed by atoms with Gasteiger partial charge < -0.3 is 0 Å². The lowest BCUT2D eigenvalue weighted by Crippen LogP contribution is -2.15. The smallest absolute Gasteiger partial charge is 0.138 e. The van der Waals surface area contributed by atoms with E-state index in [2.05, 4.69) is 43.6 Å². The van der Waals surface area contributed by atoms with Gasteiger partial charge in [-0.3, -0.25) is 4.79 Å². The molecule has 0 saturated carbocycles. The van der Waals surface area contributed by atoms with Crippen molar-refractivity contribution in [3.05, 3.63) is 20.8 Å². The number of thiophene rings is 1. The number of Topliss-reactive ketones (excluding diaryl/α,β-unsaturated/α-hetero) is 1. The molecule has 1 rings (SSSR count). The fourth-order valence-corrected chi connectivity index (χ4v) is 3.73. The van der Waals surface area contributed by atoms with E-state index in [1.165, 1.54) is 0 Å². The quantitative estimate of drug-likeness (QED) is 0.740. The summed E-state index contributed by atoms with van der Waals surface area (Å²) in [6.45, 7) is 8.85. The van der Waals surface area contributed by atoms with Gasteiger partial charge in [0.05, 0.1) is 3.79 Å². The van der Waals surface area contributed by atoms with Gasteiger partial charge in [0.15, 0.2) is 0 Å². The van der Waals surface area contributed by atoms with Crippen LogP contribution in [0.4, 0.5) is 0 Å². The topological polar surface area (TPSA) is 17.1 Å². The second kappa shape index (κ2) is 6.14. The lowest BCUT2D eigenvalue weighted by molar-refractivity contribution is -0.119. The van der Waals surface area contributed by atoms with Crippen LogP contribution in [-0.2, 0) is 11.2 Å². The number of rotatable bonds is 5. The van der Waals surface area contributed by atoms with Crippen LogP contribution in [0.3, 0.4) is 0 Å². The number of carbonyl (C=O) groups is 1. The van der Waals surface area contributed by atoms with Crippen molar-refractivity contribution < 1.29 is 4.79 Å². The Hall–Kier alpha value is -0.150. The Morgan fingerprint density at radius 2 is 2.06 bits per heavy atom. The maximum Gasteiger partial charge on any atom is 0.138 e. The summed E-state index contributed by atoms with van der Waals surface area (Å²) in [6, 6.07) is 4.03. The highest BCUT2D eigenvalue weighted by atomic mass is 79.9. The molecule has 0 saturated heterocycles. The monoisotopic (exact) mass is 316 g/mol. The SMILES string of the molecule is CC(CC(=O)Cc1ccc(Br)s1)CC(C)(C)C. The Morgan fingerprint density at radius 1 is 1.41 bits per heavy atom. The molecule has 96 valence electrons. The molecule has 0 amide bonds. The Labute approximate surface area is 117 Å². The Balaban J connectivity index is 2.39. The van der Waals surface area contributed by atoms with Crippen LogP contribution in [0.5, 0.6) is 0 Å². The number of hydrogen-bond acceptors (Lipinski definition) is 2. The van der Waals surface area contributed by atoms with Crippen molar-refractivity contribution in [3.8, 4) is 0 Å². The molecule has 3 heteroatoms. The highest BCUT2D eigenvalue weighted by molar-refractivity contribution is 9.11. The van der Waals surface area contributed by atoms with Gasteiger partial charge in [-0.05, 0) is 45.8 Å². The first-order valence-corrected chi connectivity index (χ1v) is 7.63. The first-order chi connectivity index (χ1) is 7.76. The first-order valence-electron chi connectivity index (χ1n) is 6.02. The predicted octanol–water partition coefficient (Wildman–Crippen LogP) is 5.08. The number of ketones is 1. The Bertz CT molecular complexity index is 376. The maximum atomic E-state index is 11.9. The molecule has 0 fully saturated rings. The highest BCUT2D eigenvalue weighted by Crippen LogP contribution is 2.27. The van der Waals surface area contributed by atoms with Gasteiger partial charge in [0.1, 0.15) is 5.78 Å². The zero-order valence-corrected chi connectivity index (χ0v) is 13.5. The third kappa shape index (κ3) is 6.37. The third-order valence-electron chi connectivity index (χ3n) is 2.54. The van der Waals surface area contributed by atoms with E-state index in [1.54, 1.807) is 11.3 Å². The van der Waals surface area contributed by atoms with E-state index in [1.807, 2.05) is 12.1 Å². The summed E-state index contributed by atoms with van der Waals surface area (Å²) in [5.74, 6) is 0.835. The van der Waals surface area contributed by atoms with Crippen LogP contribution in [0.2, 0.25) is 0 Å². The molecule has 0 aromatic carbocycles. The molecule has 0 N–H and O–H groups in total. The second-order valence-corrected chi connectivity index (χ2v) is 8.54. The largest absolute Gasteiger partial charge is 0.299 e. The van der Waals surface area contributed by atoms with Crippen molar-refractivity contribution in [1.82, 2.24) is 0 Å². The maximum absolute atomic E-state index is 11.9. The fourth-order valence-electron chi connectivity index (χ4n) is 2.22. The lowest BCUT2D eigenvalue weighted by atomic mass is 9.83. The van der Waals surface area contributed by atoms with Gasteiger partial charge in [-0.2, -0.15) is 0 Å². The summed E-state index contributed by atoms with van der Waals surface area (Å²) < 4.78 is 1.10. The molecule has 0 radical (unpaired) electrons. The summed E-state index contributed by atoms with van der Waals surface area (Å²) in [6.07, 6.45) is 2.39. The molecule has 1 aromatic rings. The fraction of sp³-hybridized carbons (Fsp3) is 0.643. The molecule has 0 aliphatic heterocycles. The summed E-state index contributed by atoms with van der Waals surface area (Å²) in [5.41, 5.74) is 0.311. The van der Waals surface area contributed by atoms with Crippen LogP contribution < -0.4 is 0 Å². The zero-order valence-electron chi connectivity index (χ0n) is 11.0. The van der Waals surface area contributed by atoms with Gasteiger partial charge in [-0.15, -0.1) is 11.3 Å². The number of halogens is 1. The van der Waals surface area contributed by atoms with Crippen LogP contribution in [0.1, 0.15) is 45.4 Å². The highest BCUT2D eigenvalue weighted by Gasteiger charge is 2.18. The average molecular weight is 317 g/mol. The standard InChI is InChI=1S/C14H21BrOS/c1-10(9-14(2,3)4)7-11(16)8-12-5-6-13(15)17-12/h5-6,10H,7-9H2,1-4H3. The zero-order chi connectivity index (χ0) is 13.1. The van der Waals surface area contributed by atoms with E-state index in [0.29, 0.717) is 30.0 Å². The summed E-state index contributed by atoms with van der Waals surface area (Å²) in [4.78, 5) is 13.1. The average Bonchev–Trinajstić information content (AvgIpc) is 2.46. The predicted molar refractivity (Wildman–Crippen MR) is 78.6 cm³/mol. The molecule has 1 aromatic heterocycles. The van der Waals surface area contributed by atoms with Crippen molar-refractivity contribution in [1.29, 1.82) is 0 Å². The van der Waals surface area contributed by atoms with Gasteiger partial charge in [-0.25, -0.2) is 0 Å². The minimum atomic E-state index is 0.311. The van der Waals surface area contributed by atoms with Crippen LogP contribution in [0, 0.1) is 11.3 Å². The van der Waals surface area contributed by atoms with Gasteiger partial charge in [0, 0.05) is 17.7 Å². The lowest BCUT2D eigenvalue weighted by Gasteiger charge is -2.22. The summed E-state index contributed by atoms with van der Waals surface area (Å²) >= 11 is 5.07. The minimum Gasteiger partial charge on any atom is -0.299 e. The van der Waals surface area contributed by atoms with Crippen molar-refractivity contribution in [3.63, 3.8) is 0 Å². The summed E-state index contributed by atoms with van der Waals surface area (Å²) in [7, 11) is 0. The van der Waals surface area contributed by atoms with Crippen LogP contribution in [0.15, 0.2) is 15.9 Å². The van der Waals surface area contributed by atoms with E-state index < -0.39 is 0 Å². The van der Waals surface area contributed by atoms with Crippen molar-refractivity contribution in [2.24, 2.45) is 11.3 Å². The molecule has 1 nitrogen and oxygen atoms in total. The van der Waals surface area contributed by atoms with E-state index in [-0.39, 0.29) is 0 Å². The molecule has 17 heavy (non-hydrogen) atoms. The number of hydrogen-bond donors (Lipinski definition) is 0. The van der Waals surface area contributed by atoms with Crippen molar-refractivity contribution >= 4 is 33.0 Å². The molecule has 1 atom stereocenters. The van der Waals surface area contributed by atoms with E-state index in [4.69, 9.17) is 0 Å². The minimum absolute atomic E-state index is 0.311. The number of carbonyl (C=O) groups excluding carboxylic acids is 1. The normalized spacial score (nSPS) is 13.7. The van der Waals surface area contributed by atoms with Crippen LogP contribution in [-0.4, -0.2) is 5.78 Å². The van der Waals surface area contributed by atoms with Gasteiger partial charge in [0.25, 0.3) is 0 Å². The van der Waals surface area contributed by atoms with Gasteiger partial charge in [0.2, 0.25) is 0 Å². The molecule has 0 spiro atoms. The van der Waals surface area contributed by atoms with Crippen molar-refractivity contribution in [2.45, 2.75) is 47.0 Å². The van der Waals surface area contributed by atoms with E-state index >= 15 is 0 Å². The molecular formula is C14H21BrOS. The molecule has 1 heterocycles. The Kier molecular flexibility index (Phi) is 5.39. The second-order valence-electron chi connectivity index (χ2n) is 6.00. The molecule has 0 aliphatic carbocycles. The van der Waals surface area contributed by atoms with Crippen LogP contribution >= 0.6 is 27.3 Å². The third-order valence-corrected chi connectivity index (χ3v) is 4.16. The Morgan fingerprint density at radius 3 is 2.53 bits per heavy atom. The molecule has 0 aliphatic rings. The van der Waals surface area contributed by atoms with E-state index in [0.717, 1.165) is 15.1 Å².